The average Bonchev–Trinajstić information content (AvgIpc) is 2.37. The summed E-state index contributed by atoms with van der Waals surface area (Å²) >= 11 is 0. The van der Waals surface area contributed by atoms with Crippen LogP contribution in [0.1, 0.15) is 28.8 Å². The van der Waals surface area contributed by atoms with Crippen LogP contribution in [-0.2, 0) is 0 Å². The van der Waals surface area contributed by atoms with Crippen LogP contribution >= 0.6 is 0 Å². The molecule has 110 valence electrons. The van der Waals surface area contributed by atoms with Gasteiger partial charge in [-0.3, -0.25) is 4.79 Å². The predicted molar refractivity (Wildman–Crippen MR) is 65.8 cm³/mol. The van der Waals surface area contributed by atoms with Gasteiger partial charge in [0.1, 0.15) is 5.82 Å². The van der Waals surface area contributed by atoms with Gasteiger partial charge in [-0.15, -0.1) is 0 Å². The van der Waals surface area contributed by atoms with Gasteiger partial charge in [-0.25, -0.2) is 4.39 Å². The number of alkyl halides is 3. The first-order valence-corrected chi connectivity index (χ1v) is 6.41. The topological polar surface area (TPSA) is 20.3 Å². The van der Waals surface area contributed by atoms with E-state index in [1.54, 1.807) is 13.0 Å². The molecule has 1 aromatic rings. The average molecular weight is 289 g/mol. The lowest BCUT2D eigenvalue weighted by Crippen LogP contribution is -2.42. The Morgan fingerprint density at radius 1 is 1.25 bits per heavy atom. The number of amides is 1. The second-order valence-corrected chi connectivity index (χ2v) is 5.09. The second kappa shape index (κ2) is 5.42. The Kier molecular flexibility index (Phi) is 4.01. The molecule has 0 bridgehead atoms. The van der Waals surface area contributed by atoms with E-state index in [9.17, 15) is 22.4 Å². The number of benzene rings is 1. The number of nitrogens with zero attached hydrogens (tertiary/aromatic N) is 1. The first-order chi connectivity index (χ1) is 9.29. The van der Waals surface area contributed by atoms with Crippen LogP contribution in [0, 0.1) is 18.7 Å². The van der Waals surface area contributed by atoms with Crippen molar-refractivity contribution in [3.8, 4) is 0 Å². The zero-order chi connectivity index (χ0) is 14.9. The Morgan fingerprint density at radius 3 is 2.35 bits per heavy atom. The SMILES string of the molecule is Cc1ccc(C(=O)N2CCC(C(F)(F)F)CC2)c(F)c1. The molecule has 1 saturated heterocycles. The molecule has 0 N–H and O–H groups in total. The summed E-state index contributed by atoms with van der Waals surface area (Å²) in [5.41, 5.74) is 0.607. The monoisotopic (exact) mass is 289 g/mol. The first kappa shape index (κ1) is 14.8. The number of carbonyl (C=O) groups is 1. The van der Waals surface area contributed by atoms with Gasteiger partial charge in [0, 0.05) is 13.1 Å². The summed E-state index contributed by atoms with van der Waals surface area (Å²) in [4.78, 5) is 13.4. The van der Waals surface area contributed by atoms with E-state index in [4.69, 9.17) is 0 Å². The van der Waals surface area contributed by atoms with E-state index in [-0.39, 0.29) is 31.5 Å². The van der Waals surface area contributed by atoms with Gasteiger partial charge in [-0.1, -0.05) is 6.07 Å². The number of piperidine rings is 1. The van der Waals surface area contributed by atoms with Gasteiger partial charge in [0.05, 0.1) is 11.5 Å². The lowest BCUT2D eigenvalue weighted by molar-refractivity contribution is -0.183. The molecule has 20 heavy (non-hydrogen) atoms. The predicted octanol–water partition coefficient (Wildman–Crippen LogP) is 3.55. The molecule has 0 unspecified atom stereocenters. The maximum Gasteiger partial charge on any atom is 0.391 e. The Bertz CT molecular complexity index is 504. The molecule has 2 nitrogen and oxygen atoms in total. The van der Waals surface area contributed by atoms with E-state index in [2.05, 4.69) is 0 Å². The summed E-state index contributed by atoms with van der Waals surface area (Å²) in [6.07, 6.45) is -4.46. The van der Waals surface area contributed by atoms with E-state index in [0.717, 1.165) is 0 Å². The lowest BCUT2D eigenvalue weighted by atomic mass is 9.95. The molecule has 0 aliphatic carbocycles. The molecule has 0 atom stereocenters. The number of aryl methyl sites for hydroxylation is 1. The highest BCUT2D eigenvalue weighted by Gasteiger charge is 2.41. The Morgan fingerprint density at radius 2 is 1.85 bits per heavy atom. The molecule has 0 aromatic heterocycles. The standard InChI is InChI=1S/C14H15F4NO/c1-9-2-3-11(12(15)8-9)13(20)19-6-4-10(5-7-19)14(16,17)18/h2-3,8,10H,4-7H2,1H3. The zero-order valence-electron chi connectivity index (χ0n) is 11.0. The third-order valence-corrected chi connectivity index (χ3v) is 3.60. The Hall–Kier alpha value is -1.59. The van der Waals surface area contributed by atoms with Crippen molar-refractivity contribution in [1.82, 2.24) is 4.90 Å². The minimum Gasteiger partial charge on any atom is -0.339 e. The van der Waals surface area contributed by atoms with Crippen LogP contribution in [-0.4, -0.2) is 30.1 Å². The van der Waals surface area contributed by atoms with Crippen LogP contribution in [0.25, 0.3) is 0 Å². The van der Waals surface area contributed by atoms with Crippen molar-refractivity contribution in [2.45, 2.75) is 25.9 Å². The van der Waals surface area contributed by atoms with Crippen molar-refractivity contribution in [2.75, 3.05) is 13.1 Å². The molecule has 0 spiro atoms. The molecule has 6 heteroatoms. The Labute approximate surface area is 114 Å². The van der Waals surface area contributed by atoms with Crippen LogP contribution in [0.2, 0.25) is 0 Å². The third-order valence-electron chi connectivity index (χ3n) is 3.60. The van der Waals surface area contributed by atoms with Crippen LogP contribution in [0.4, 0.5) is 17.6 Å². The highest BCUT2D eigenvalue weighted by atomic mass is 19.4. The fourth-order valence-electron chi connectivity index (χ4n) is 2.37. The highest BCUT2D eigenvalue weighted by molar-refractivity contribution is 5.94. The smallest absolute Gasteiger partial charge is 0.339 e. The van der Waals surface area contributed by atoms with E-state index in [1.165, 1.54) is 17.0 Å². The minimum atomic E-state index is -4.22. The van der Waals surface area contributed by atoms with Gasteiger partial charge >= 0.3 is 6.18 Å². The van der Waals surface area contributed by atoms with Gasteiger partial charge in [-0.2, -0.15) is 13.2 Å². The molecular weight excluding hydrogens is 274 g/mol. The molecule has 1 heterocycles. The number of likely N-dealkylation sites (tertiary alicyclic amines) is 1. The molecule has 1 amide bonds. The van der Waals surface area contributed by atoms with Gasteiger partial charge in [0.2, 0.25) is 0 Å². The van der Waals surface area contributed by atoms with Gasteiger partial charge in [-0.05, 0) is 37.5 Å². The number of hydrogen-bond donors (Lipinski definition) is 0. The number of halogens is 4. The largest absolute Gasteiger partial charge is 0.391 e. The van der Waals surface area contributed by atoms with Gasteiger partial charge < -0.3 is 4.90 Å². The summed E-state index contributed by atoms with van der Waals surface area (Å²) in [6.45, 7) is 1.72. The number of hydrogen-bond acceptors (Lipinski definition) is 1. The number of rotatable bonds is 1. The van der Waals surface area contributed by atoms with Crippen molar-refractivity contribution in [1.29, 1.82) is 0 Å². The van der Waals surface area contributed by atoms with Crippen LogP contribution in [0.5, 0.6) is 0 Å². The maximum atomic E-state index is 13.7. The second-order valence-electron chi connectivity index (χ2n) is 5.09. The lowest BCUT2D eigenvalue weighted by Gasteiger charge is -2.33. The van der Waals surface area contributed by atoms with Gasteiger partial charge in [0.15, 0.2) is 0 Å². The molecule has 1 aliphatic heterocycles. The fourth-order valence-corrected chi connectivity index (χ4v) is 2.37. The summed E-state index contributed by atoms with van der Waals surface area (Å²) < 4.78 is 51.3. The Balaban J connectivity index is 2.05. The normalized spacial score (nSPS) is 17.4. The number of carbonyl (C=O) groups excluding carboxylic acids is 1. The zero-order valence-corrected chi connectivity index (χ0v) is 11.0. The van der Waals surface area contributed by atoms with E-state index in [0.29, 0.717) is 5.56 Å². The van der Waals surface area contributed by atoms with E-state index in [1.807, 2.05) is 0 Å². The molecule has 1 aliphatic rings. The quantitative estimate of drug-likeness (QED) is 0.724. The molecule has 1 fully saturated rings. The van der Waals surface area contributed by atoms with Crippen molar-refractivity contribution in [2.24, 2.45) is 5.92 Å². The summed E-state index contributed by atoms with van der Waals surface area (Å²) in [5.74, 6) is -2.54. The van der Waals surface area contributed by atoms with Crippen molar-refractivity contribution < 1.29 is 22.4 Å². The van der Waals surface area contributed by atoms with Crippen molar-refractivity contribution in [3.05, 3.63) is 35.1 Å². The molecule has 0 saturated carbocycles. The van der Waals surface area contributed by atoms with E-state index < -0.39 is 23.8 Å². The van der Waals surface area contributed by atoms with Crippen LogP contribution in [0.15, 0.2) is 18.2 Å². The van der Waals surface area contributed by atoms with Crippen LogP contribution < -0.4 is 0 Å². The minimum absolute atomic E-state index is 0.0102. The molecule has 1 aromatic carbocycles. The fraction of sp³-hybridized carbons (Fsp3) is 0.500. The summed E-state index contributed by atoms with van der Waals surface area (Å²) in [7, 11) is 0. The van der Waals surface area contributed by atoms with Gasteiger partial charge in [0.25, 0.3) is 5.91 Å². The molecule has 0 radical (unpaired) electrons. The van der Waals surface area contributed by atoms with Crippen molar-refractivity contribution in [3.63, 3.8) is 0 Å². The van der Waals surface area contributed by atoms with Crippen LogP contribution in [0.3, 0.4) is 0 Å². The third kappa shape index (κ3) is 3.11. The molecular formula is C14H15F4NO. The summed E-state index contributed by atoms with van der Waals surface area (Å²) in [6, 6.07) is 4.23. The van der Waals surface area contributed by atoms with E-state index >= 15 is 0 Å². The van der Waals surface area contributed by atoms with Crippen molar-refractivity contribution >= 4 is 5.91 Å². The molecule has 2 rings (SSSR count). The highest BCUT2D eigenvalue weighted by Crippen LogP contribution is 2.34. The first-order valence-electron chi connectivity index (χ1n) is 6.41. The summed E-state index contributed by atoms with van der Waals surface area (Å²) in [5, 5.41) is 0. The maximum absolute atomic E-state index is 13.7.